The van der Waals surface area contributed by atoms with Gasteiger partial charge in [-0.05, 0) is 41.8 Å². The molecule has 0 saturated heterocycles. The minimum atomic E-state index is -0.559. The van der Waals surface area contributed by atoms with Crippen molar-refractivity contribution in [1.82, 2.24) is 0 Å². The second kappa shape index (κ2) is 5.42. The van der Waals surface area contributed by atoms with E-state index in [9.17, 15) is 13.6 Å². The number of hydrogen-bond acceptors (Lipinski definition) is 2. The number of carbonyl (C=O) groups excluding carboxylic acids is 1. The van der Waals surface area contributed by atoms with Crippen LogP contribution in [-0.4, -0.2) is 5.91 Å². The van der Waals surface area contributed by atoms with Gasteiger partial charge in [0.05, 0.1) is 9.72 Å². The van der Waals surface area contributed by atoms with E-state index in [4.69, 9.17) is 11.6 Å². The van der Waals surface area contributed by atoms with Crippen LogP contribution in [-0.2, 0) is 0 Å². The standard InChI is InChI=1S/C15H8ClF2NOS/c16-11-7-8(1-3-12(11)17)19-15(20)10-2-4-13(18)14-9(10)5-6-21-14/h1-7H,(H,19,20). The summed E-state index contributed by atoms with van der Waals surface area (Å²) in [6.07, 6.45) is 0. The fourth-order valence-electron chi connectivity index (χ4n) is 2.00. The zero-order valence-corrected chi connectivity index (χ0v) is 12.1. The van der Waals surface area contributed by atoms with E-state index in [0.29, 0.717) is 21.3 Å². The minimum Gasteiger partial charge on any atom is -0.322 e. The summed E-state index contributed by atoms with van der Waals surface area (Å²) in [5.41, 5.74) is 0.729. The molecule has 0 radical (unpaired) electrons. The van der Waals surface area contributed by atoms with Crippen molar-refractivity contribution in [3.63, 3.8) is 0 Å². The van der Waals surface area contributed by atoms with Crippen molar-refractivity contribution in [1.29, 1.82) is 0 Å². The maximum Gasteiger partial charge on any atom is 0.256 e. The third kappa shape index (κ3) is 2.62. The molecule has 0 aliphatic carbocycles. The molecule has 2 nitrogen and oxygen atoms in total. The van der Waals surface area contributed by atoms with E-state index in [-0.39, 0.29) is 10.8 Å². The number of fused-ring (bicyclic) bond motifs is 1. The van der Waals surface area contributed by atoms with Crippen LogP contribution in [0.1, 0.15) is 10.4 Å². The van der Waals surface area contributed by atoms with Crippen molar-refractivity contribution in [2.45, 2.75) is 0 Å². The molecule has 3 rings (SSSR count). The van der Waals surface area contributed by atoms with Crippen molar-refractivity contribution in [2.24, 2.45) is 0 Å². The number of benzene rings is 2. The van der Waals surface area contributed by atoms with E-state index in [1.807, 2.05) is 0 Å². The summed E-state index contributed by atoms with van der Waals surface area (Å²) in [5.74, 6) is -1.32. The zero-order chi connectivity index (χ0) is 15.0. The van der Waals surface area contributed by atoms with Crippen LogP contribution in [0.4, 0.5) is 14.5 Å². The van der Waals surface area contributed by atoms with Crippen LogP contribution in [0.2, 0.25) is 5.02 Å². The molecule has 1 amide bonds. The second-order valence-electron chi connectivity index (χ2n) is 4.34. The molecular formula is C15H8ClF2NOS. The van der Waals surface area contributed by atoms with Crippen molar-refractivity contribution >= 4 is 44.6 Å². The van der Waals surface area contributed by atoms with E-state index in [2.05, 4.69) is 5.32 Å². The number of carbonyl (C=O) groups is 1. The van der Waals surface area contributed by atoms with Crippen LogP contribution in [0.25, 0.3) is 10.1 Å². The van der Waals surface area contributed by atoms with E-state index in [1.54, 1.807) is 11.4 Å². The maximum atomic E-state index is 13.6. The van der Waals surface area contributed by atoms with Crippen LogP contribution >= 0.6 is 22.9 Å². The van der Waals surface area contributed by atoms with Gasteiger partial charge in [-0.1, -0.05) is 11.6 Å². The van der Waals surface area contributed by atoms with Crippen molar-refractivity contribution in [2.75, 3.05) is 5.32 Å². The number of hydrogen-bond donors (Lipinski definition) is 1. The van der Waals surface area contributed by atoms with E-state index >= 15 is 0 Å². The zero-order valence-electron chi connectivity index (χ0n) is 10.5. The lowest BCUT2D eigenvalue weighted by Gasteiger charge is -2.07. The first-order valence-electron chi connectivity index (χ1n) is 5.98. The van der Waals surface area contributed by atoms with Crippen LogP contribution in [0, 0.1) is 11.6 Å². The maximum absolute atomic E-state index is 13.6. The number of halogens is 3. The van der Waals surface area contributed by atoms with E-state index in [1.165, 1.54) is 41.7 Å². The SMILES string of the molecule is O=C(Nc1ccc(F)c(Cl)c1)c1ccc(F)c2sccc12. The van der Waals surface area contributed by atoms with Gasteiger partial charge in [-0.3, -0.25) is 4.79 Å². The van der Waals surface area contributed by atoms with Crippen molar-refractivity contribution in [3.8, 4) is 0 Å². The number of nitrogens with one attached hydrogen (secondary N) is 1. The highest BCUT2D eigenvalue weighted by Crippen LogP contribution is 2.28. The molecule has 21 heavy (non-hydrogen) atoms. The van der Waals surface area contributed by atoms with Crippen molar-refractivity contribution < 1.29 is 13.6 Å². The lowest BCUT2D eigenvalue weighted by Crippen LogP contribution is -2.12. The molecule has 0 fully saturated rings. The first kappa shape index (κ1) is 14.0. The number of amides is 1. The molecule has 0 bridgehead atoms. The summed E-state index contributed by atoms with van der Waals surface area (Å²) in [6, 6.07) is 8.27. The molecule has 3 aromatic rings. The van der Waals surface area contributed by atoms with Crippen LogP contribution < -0.4 is 5.32 Å². The predicted molar refractivity (Wildman–Crippen MR) is 81.1 cm³/mol. The average molecular weight is 324 g/mol. The smallest absolute Gasteiger partial charge is 0.256 e. The van der Waals surface area contributed by atoms with Gasteiger partial charge in [0.2, 0.25) is 0 Å². The number of rotatable bonds is 2. The Morgan fingerprint density at radius 3 is 2.62 bits per heavy atom. The monoisotopic (exact) mass is 323 g/mol. The van der Waals surface area contributed by atoms with Gasteiger partial charge in [0.15, 0.2) is 0 Å². The van der Waals surface area contributed by atoms with Crippen LogP contribution in [0.5, 0.6) is 0 Å². The van der Waals surface area contributed by atoms with E-state index in [0.717, 1.165) is 0 Å². The minimum absolute atomic E-state index is 0.0763. The number of thiophene rings is 1. The highest BCUT2D eigenvalue weighted by atomic mass is 35.5. The lowest BCUT2D eigenvalue weighted by atomic mass is 10.1. The van der Waals surface area contributed by atoms with Gasteiger partial charge in [0, 0.05) is 16.6 Å². The fourth-order valence-corrected chi connectivity index (χ4v) is 3.00. The third-order valence-corrected chi connectivity index (χ3v) is 4.20. The van der Waals surface area contributed by atoms with E-state index < -0.39 is 11.7 Å². The highest BCUT2D eigenvalue weighted by Gasteiger charge is 2.14. The summed E-state index contributed by atoms with van der Waals surface area (Å²) >= 11 is 6.90. The largest absolute Gasteiger partial charge is 0.322 e. The quantitative estimate of drug-likeness (QED) is 0.699. The molecule has 1 heterocycles. The van der Waals surface area contributed by atoms with Crippen LogP contribution in [0.3, 0.4) is 0 Å². The molecule has 2 aromatic carbocycles. The molecule has 0 spiro atoms. The van der Waals surface area contributed by atoms with Crippen molar-refractivity contribution in [3.05, 3.63) is 64.0 Å². The Morgan fingerprint density at radius 1 is 1.10 bits per heavy atom. The molecule has 1 aromatic heterocycles. The second-order valence-corrected chi connectivity index (χ2v) is 5.66. The molecule has 0 aliphatic rings. The first-order valence-corrected chi connectivity index (χ1v) is 7.24. The Bertz CT molecular complexity index is 847. The van der Waals surface area contributed by atoms with Crippen LogP contribution in [0.15, 0.2) is 41.8 Å². The summed E-state index contributed by atoms with van der Waals surface area (Å²) in [4.78, 5) is 12.3. The molecule has 6 heteroatoms. The van der Waals surface area contributed by atoms with Gasteiger partial charge in [-0.25, -0.2) is 8.78 Å². The molecule has 0 atom stereocenters. The van der Waals surface area contributed by atoms with Gasteiger partial charge in [-0.15, -0.1) is 11.3 Å². The molecule has 0 aliphatic heterocycles. The lowest BCUT2D eigenvalue weighted by molar-refractivity contribution is 0.102. The van der Waals surface area contributed by atoms with Gasteiger partial charge in [0.25, 0.3) is 5.91 Å². The summed E-state index contributed by atoms with van der Waals surface area (Å²) in [7, 11) is 0. The molecular weight excluding hydrogens is 316 g/mol. The van der Waals surface area contributed by atoms with Gasteiger partial charge in [0.1, 0.15) is 11.6 Å². The first-order chi connectivity index (χ1) is 10.1. The summed E-state index contributed by atoms with van der Waals surface area (Å²) in [5, 5.41) is 4.81. The highest BCUT2D eigenvalue weighted by molar-refractivity contribution is 7.17. The predicted octanol–water partition coefficient (Wildman–Crippen LogP) is 5.09. The van der Waals surface area contributed by atoms with Gasteiger partial charge >= 0.3 is 0 Å². The van der Waals surface area contributed by atoms with Gasteiger partial charge < -0.3 is 5.32 Å². The summed E-state index contributed by atoms with van der Waals surface area (Å²) in [6.45, 7) is 0. The Hall–Kier alpha value is -1.98. The fraction of sp³-hybridized carbons (Fsp3) is 0. The molecule has 0 saturated carbocycles. The normalized spacial score (nSPS) is 10.8. The van der Waals surface area contributed by atoms with Gasteiger partial charge in [-0.2, -0.15) is 0 Å². The molecule has 0 unspecified atom stereocenters. The summed E-state index contributed by atoms with van der Waals surface area (Å²) < 4.78 is 27.1. The molecule has 1 N–H and O–H groups in total. The topological polar surface area (TPSA) is 29.1 Å². The number of anilines is 1. The third-order valence-electron chi connectivity index (χ3n) is 2.99. The Balaban J connectivity index is 1.95. The Labute approximate surface area is 128 Å². The Kier molecular flexibility index (Phi) is 3.61. The molecule has 106 valence electrons. The average Bonchev–Trinajstić information content (AvgIpc) is 2.93. The Morgan fingerprint density at radius 2 is 1.86 bits per heavy atom.